The van der Waals surface area contributed by atoms with Crippen LogP contribution in [0.15, 0.2) is 54.6 Å². The number of benzene rings is 2. The van der Waals surface area contributed by atoms with Gasteiger partial charge in [0.25, 0.3) is 0 Å². The van der Waals surface area contributed by atoms with Crippen molar-refractivity contribution in [1.82, 2.24) is 14.9 Å². The van der Waals surface area contributed by atoms with Crippen LogP contribution in [-0.4, -0.2) is 52.7 Å². The predicted octanol–water partition coefficient (Wildman–Crippen LogP) is 4.49. The summed E-state index contributed by atoms with van der Waals surface area (Å²) in [6.45, 7) is 6.39. The van der Waals surface area contributed by atoms with Crippen LogP contribution in [0.1, 0.15) is 25.1 Å². The Labute approximate surface area is 198 Å². The zero-order valence-corrected chi connectivity index (χ0v) is 19.4. The number of anilines is 2. The lowest BCUT2D eigenvalue weighted by Gasteiger charge is -2.39. The summed E-state index contributed by atoms with van der Waals surface area (Å²) in [7, 11) is 0. The van der Waals surface area contributed by atoms with Crippen molar-refractivity contribution >= 4 is 17.5 Å². The minimum atomic E-state index is -0.457. The topological polar surface area (TPSA) is 70.6 Å². The second-order valence-electron chi connectivity index (χ2n) is 8.91. The fourth-order valence-electron chi connectivity index (χ4n) is 4.66. The summed E-state index contributed by atoms with van der Waals surface area (Å²) < 4.78 is 20.0. The minimum absolute atomic E-state index is 0.0681. The highest BCUT2D eigenvalue weighted by molar-refractivity contribution is 5.89. The van der Waals surface area contributed by atoms with E-state index in [1.54, 1.807) is 23.1 Å². The monoisotopic (exact) mass is 461 g/mol. The molecule has 1 aromatic heterocycles. The quantitative estimate of drug-likeness (QED) is 0.623. The lowest BCUT2D eigenvalue weighted by Crippen LogP contribution is -2.47. The molecule has 1 N–H and O–H groups in total. The minimum Gasteiger partial charge on any atom is -0.372 e. The third-order valence-electron chi connectivity index (χ3n) is 6.19. The molecule has 3 heterocycles. The van der Waals surface area contributed by atoms with Crippen molar-refractivity contribution in [2.45, 2.75) is 39.0 Å². The third-order valence-corrected chi connectivity index (χ3v) is 6.19. The summed E-state index contributed by atoms with van der Waals surface area (Å²) in [5, 5.41) is 2.70. The molecule has 2 atom stereocenters. The number of halogens is 1. The molecule has 176 valence electrons. The SMILES string of the molecule is CC1CN(c2nc(-c3ccccc3)nc3c2CN(C(=O)Nc2ccccc2F)CC3)CC(C)O1. The number of hydrogen-bond donors (Lipinski definition) is 1. The van der Waals surface area contributed by atoms with Crippen molar-refractivity contribution in [2.24, 2.45) is 0 Å². The molecular weight excluding hydrogens is 433 g/mol. The molecule has 1 fully saturated rings. The van der Waals surface area contributed by atoms with E-state index in [4.69, 9.17) is 14.7 Å². The molecule has 3 aromatic rings. The van der Waals surface area contributed by atoms with E-state index >= 15 is 0 Å². The molecule has 0 aliphatic carbocycles. The van der Waals surface area contributed by atoms with Gasteiger partial charge in [-0.1, -0.05) is 42.5 Å². The molecule has 0 bridgehead atoms. The van der Waals surface area contributed by atoms with Gasteiger partial charge in [0, 0.05) is 37.2 Å². The van der Waals surface area contributed by atoms with Crippen LogP contribution < -0.4 is 10.2 Å². The Morgan fingerprint density at radius 2 is 1.74 bits per heavy atom. The van der Waals surface area contributed by atoms with Gasteiger partial charge in [0.1, 0.15) is 11.6 Å². The molecule has 1 saturated heterocycles. The average Bonchev–Trinajstić information content (AvgIpc) is 2.84. The molecule has 2 aliphatic heterocycles. The molecule has 2 unspecified atom stereocenters. The number of morpholine rings is 1. The molecule has 2 aromatic carbocycles. The first-order valence-electron chi connectivity index (χ1n) is 11.6. The van der Waals surface area contributed by atoms with E-state index in [2.05, 4.69) is 24.1 Å². The molecular formula is C26H28FN5O2. The lowest BCUT2D eigenvalue weighted by molar-refractivity contribution is -0.00556. The number of carbonyl (C=O) groups excluding carboxylic acids is 1. The van der Waals surface area contributed by atoms with Crippen LogP contribution in [0.5, 0.6) is 0 Å². The molecule has 7 nitrogen and oxygen atoms in total. The van der Waals surface area contributed by atoms with Crippen molar-refractivity contribution in [2.75, 3.05) is 29.9 Å². The zero-order valence-electron chi connectivity index (χ0n) is 19.4. The summed E-state index contributed by atoms with van der Waals surface area (Å²) in [6, 6.07) is 15.8. The Morgan fingerprint density at radius 3 is 2.47 bits per heavy atom. The molecule has 0 spiro atoms. The maximum Gasteiger partial charge on any atom is 0.322 e. The Morgan fingerprint density at radius 1 is 1.03 bits per heavy atom. The number of carbonyl (C=O) groups is 1. The number of hydrogen-bond acceptors (Lipinski definition) is 5. The first-order valence-corrected chi connectivity index (χ1v) is 11.6. The van der Waals surface area contributed by atoms with Crippen LogP contribution in [0.4, 0.5) is 20.7 Å². The van der Waals surface area contributed by atoms with Gasteiger partial charge in [-0.2, -0.15) is 0 Å². The summed E-state index contributed by atoms with van der Waals surface area (Å²) in [5.41, 5.74) is 3.02. The van der Waals surface area contributed by atoms with Gasteiger partial charge < -0.3 is 19.9 Å². The highest BCUT2D eigenvalue weighted by Crippen LogP contribution is 2.31. The molecule has 34 heavy (non-hydrogen) atoms. The second-order valence-corrected chi connectivity index (χ2v) is 8.91. The first kappa shape index (κ1) is 22.3. The fraction of sp³-hybridized carbons (Fsp3) is 0.346. The van der Waals surface area contributed by atoms with Gasteiger partial charge >= 0.3 is 6.03 Å². The van der Waals surface area contributed by atoms with Gasteiger partial charge in [0.2, 0.25) is 0 Å². The second kappa shape index (κ2) is 9.38. The summed E-state index contributed by atoms with van der Waals surface area (Å²) in [5.74, 6) is 1.07. The molecule has 2 amide bonds. The molecule has 8 heteroatoms. The molecule has 5 rings (SSSR count). The number of urea groups is 1. The van der Waals surface area contributed by atoms with E-state index in [0.717, 1.165) is 22.6 Å². The number of nitrogens with zero attached hydrogens (tertiary/aromatic N) is 4. The standard InChI is InChI=1S/C26H28FN5O2/c1-17-14-32(15-18(2)34-17)25-20-16-31(26(33)29-23-11-7-6-10-21(23)27)13-12-22(20)28-24(30-25)19-8-4-3-5-9-19/h3-11,17-18H,12-16H2,1-2H3,(H,29,33). The Kier molecular flexibility index (Phi) is 6.15. The van der Waals surface area contributed by atoms with Crippen LogP contribution in [-0.2, 0) is 17.7 Å². The predicted molar refractivity (Wildman–Crippen MR) is 129 cm³/mol. The van der Waals surface area contributed by atoms with Gasteiger partial charge in [-0.25, -0.2) is 19.2 Å². The van der Waals surface area contributed by atoms with Crippen molar-refractivity contribution in [1.29, 1.82) is 0 Å². The summed E-state index contributed by atoms with van der Waals surface area (Å²) in [4.78, 5) is 26.8. The molecule has 0 radical (unpaired) electrons. The molecule has 2 aliphatic rings. The normalized spacial score (nSPS) is 20.1. The van der Waals surface area contributed by atoms with E-state index < -0.39 is 5.82 Å². The van der Waals surface area contributed by atoms with Gasteiger partial charge in [-0.15, -0.1) is 0 Å². The largest absolute Gasteiger partial charge is 0.372 e. The van der Waals surface area contributed by atoms with Crippen LogP contribution in [0.25, 0.3) is 11.4 Å². The van der Waals surface area contributed by atoms with Gasteiger partial charge in [0.05, 0.1) is 30.1 Å². The lowest BCUT2D eigenvalue weighted by atomic mass is 10.0. The van der Waals surface area contributed by atoms with Gasteiger partial charge in [-0.05, 0) is 26.0 Å². The van der Waals surface area contributed by atoms with E-state index in [1.165, 1.54) is 6.07 Å². The van der Waals surface area contributed by atoms with Crippen LogP contribution in [0, 0.1) is 5.82 Å². The number of aromatic nitrogens is 2. The Bertz CT molecular complexity index is 1180. The summed E-state index contributed by atoms with van der Waals surface area (Å²) in [6.07, 6.45) is 0.738. The van der Waals surface area contributed by atoms with Gasteiger partial charge in [0.15, 0.2) is 5.82 Å². The maximum atomic E-state index is 14.1. The highest BCUT2D eigenvalue weighted by Gasteiger charge is 2.31. The van der Waals surface area contributed by atoms with Crippen LogP contribution in [0.3, 0.4) is 0 Å². The van der Waals surface area contributed by atoms with Crippen LogP contribution in [0.2, 0.25) is 0 Å². The Balaban J connectivity index is 1.48. The number of fused-ring (bicyclic) bond motifs is 1. The van der Waals surface area contributed by atoms with Gasteiger partial charge in [-0.3, -0.25) is 0 Å². The van der Waals surface area contributed by atoms with E-state index in [0.29, 0.717) is 38.4 Å². The molecule has 0 saturated carbocycles. The van der Waals surface area contributed by atoms with E-state index in [9.17, 15) is 9.18 Å². The van der Waals surface area contributed by atoms with Crippen molar-refractivity contribution in [3.05, 3.63) is 71.7 Å². The number of para-hydroxylation sites is 1. The average molecular weight is 462 g/mol. The van der Waals surface area contributed by atoms with Crippen molar-refractivity contribution in [3.8, 4) is 11.4 Å². The van der Waals surface area contributed by atoms with E-state index in [1.807, 2.05) is 30.3 Å². The number of rotatable bonds is 3. The number of ether oxygens (including phenoxy) is 1. The fourth-order valence-corrected chi connectivity index (χ4v) is 4.66. The third kappa shape index (κ3) is 4.59. The smallest absolute Gasteiger partial charge is 0.322 e. The van der Waals surface area contributed by atoms with E-state index in [-0.39, 0.29) is 23.9 Å². The Hall–Kier alpha value is -3.52. The zero-order chi connectivity index (χ0) is 23.7. The number of amides is 2. The maximum absolute atomic E-state index is 14.1. The van der Waals surface area contributed by atoms with Crippen LogP contribution >= 0.6 is 0 Å². The first-order chi connectivity index (χ1) is 16.5. The van der Waals surface area contributed by atoms with Crippen molar-refractivity contribution in [3.63, 3.8) is 0 Å². The highest BCUT2D eigenvalue weighted by atomic mass is 19.1. The summed E-state index contributed by atoms with van der Waals surface area (Å²) >= 11 is 0. The number of nitrogens with one attached hydrogen (secondary N) is 1. The van der Waals surface area contributed by atoms with Crippen molar-refractivity contribution < 1.29 is 13.9 Å².